The average Bonchev–Trinajstić information content (AvgIpc) is 2.64. The lowest BCUT2D eigenvalue weighted by Gasteiger charge is -2.13. The molecule has 0 unspecified atom stereocenters. The first-order chi connectivity index (χ1) is 13.3. The highest BCUT2D eigenvalue weighted by Crippen LogP contribution is 2.23. The molecule has 144 valence electrons. The molecule has 9 heteroatoms. The van der Waals surface area contributed by atoms with E-state index in [0.29, 0.717) is 28.0 Å². The van der Waals surface area contributed by atoms with E-state index in [2.05, 4.69) is 41.9 Å². The van der Waals surface area contributed by atoms with Gasteiger partial charge in [-0.15, -0.1) is 0 Å². The molecule has 0 aliphatic rings. The number of carboxylic acids is 1. The maximum atomic E-state index is 12.8. The molecule has 3 aromatic rings. The van der Waals surface area contributed by atoms with Crippen molar-refractivity contribution < 1.29 is 14.6 Å². The lowest BCUT2D eigenvalue weighted by atomic mass is 10.2. The summed E-state index contributed by atoms with van der Waals surface area (Å²) in [5, 5.41) is 13.8. The van der Waals surface area contributed by atoms with Crippen LogP contribution in [0.4, 0.5) is 0 Å². The number of rotatable bonds is 5. The van der Waals surface area contributed by atoms with Gasteiger partial charge >= 0.3 is 5.97 Å². The van der Waals surface area contributed by atoms with Gasteiger partial charge in [-0.05, 0) is 50.2 Å². The Morgan fingerprint density at radius 3 is 2.64 bits per heavy atom. The number of hydrogen-bond acceptors (Lipinski definition) is 5. The van der Waals surface area contributed by atoms with E-state index in [1.54, 1.807) is 37.3 Å². The third-order valence-corrected chi connectivity index (χ3v) is 4.89. The van der Waals surface area contributed by atoms with Gasteiger partial charge in [-0.1, -0.05) is 31.9 Å². The van der Waals surface area contributed by atoms with Crippen LogP contribution in [-0.4, -0.2) is 33.1 Å². The second-order valence-electron chi connectivity index (χ2n) is 5.96. The highest BCUT2D eigenvalue weighted by atomic mass is 79.9. The molecule has 7 nitrogen and oxygen atoms in total. The summed E-state index contributed by atoms with van der Waals surface area (Å²) in [6.07, 6.45) is 0.409. The fraction of sp³-hybridized carbons (Fsp3) is 0.158. The molecule has 1 N–H and O–H groups in total. The number of carbonyl (C=O) groups is 1. The monoisotopic (exact) mass is 507 g/mol. The van der Waals surface area contributed by atoms with E-state index in [-0.39, 0.29) is 5.56 Å². The Bertz CT molecular complexity index is 1160. The third-order valence-electron chi connectivity index (χ3n) is 3.91. The lowest BCUT2D eigenvalue weighted by molar-refractivity contribution is -0.144. The molecular weight excluding hydrogens is 494 g/mol. The molecule has 1 aromatic heterocycles. The van der Waals surface area contributed by atoms with Crippen LogP contribution in [0, 0.1) is 6.92 Å². The second-order valence-corrected chi connectivity index (χ2v) is 7.79. The molecule has 0 amide bonds. The number of aromatic nitrogens is 2. The number of fused-ring (bicyclic) bond motifs is 1. The fourth-order valence-electron chi connectivity index (χ4n) is 2.48. The number of aliphatic carboxylic acids is 1. The van der Waals surface area contributed by atoms with Gasteiger partial charge in [0.2, 0.25) is 0 Å². The van der Waals surface area contributed by atoms with Crippen LogP contribution in [0.1, 0.15) is 18.3 Å². The van der Waals surface area contributed by atoms with Gasteiger partial charge < -0.3 is 9.84 Å². The van der Waals surface area contributed by atoms with Gasteiger partial charge in [-0.2, -0.15) is 9.78 Å². The summed E-state index contributed by atoms with van der Waals surface area (Å²) in [5.41, 5.74) is 0.790. The predicted octanol–water partition coefficient (Wildman–Crippen LogP) is 3.96. The number of benzene rings is 2. The fourth-order valence-corrected chi connectivity index (χ4v) is 3.22. The lowest BCUT2D eigenvalue weighted by Crippen LogP contribution is -2.23. The Morgan fingerprint density at radius 2 is 1.93 bits per heavy atom. The van der Waals surface area contributed by atoms with Crippen molar-refractivity contribution in [1.29, 1.82) is 0 Å². The maximum Gasteiger partial charge on any atom is 0.344 e. The molecule has 0 bridgehead atoms. The quantitative estimate of drug-likeness (QED) is 0.526. The first-order valence-corrected chi connectivity index (χ1v) is 9.77. The standard InChI is InChI=1S/C19H15Br2N3O4/c1-10(19(26)27)28-17-6-4-13(20)7-12(17)9-22-24-11(2)23-16-5-3-14(21)8-15(16)18(24)25/h3-10H,1-2H3,(H,26,27)/t10-/m1/s1. The van der Waals surface area contributed by atoms with E-state index in [1.165, 1.54) is 17.8 Å². The molecule has 1 heterocycles. The second kappa shape index (κ2) is 8.24. The minimum atomic E-state index is -1.08. The smallest absolute Gasteiger partial charge is 0.344 e. The molecule has 0 aliphatic heterocycles. The zero-order valence-corrected chi connectivity index (χ0v) is 18.1. The zero-order valence-electron chi connectivity index (χ0n) is 14.9. The van der Waals surface area contributed by atoms with Crippen LogP contribution < -0.4 is 10.3 Å². The molecule has 0 aliphatic carbocycles. The summed E-state index contributed by atoms with van der Waals surface area (Å²) in [7, 11) is 0. The number of ether oxygens (including phenoxy) is 1. The van der Waals surface area contributed by atoms with E-state index < -0.39 is 12.1 Å². The molecule has 0 fully saturated rings. The Morgan fingerprint density at radius 1 is 1.25 bits per heavy atom. The van der Waals surface area contributed by atoms with Crippen molar-refractivity contribution >= 4 is 54.9 Å². The zero-order chi connectivity index (χ0) is 20.4. The summed E-state index contributed by atoms with van der Waals surface area (Å²) in [6, 6.07) is 10.4. The number of halogens is 2. The largest absolute Gasteiger partial charge is 0.479 e. The van der Waals surface area contributed by atoms with Crippen molar-refractivity contribution in [1.82, 2.24) is 9.66 Å². The number of aryl methyl sites for hydroxylation is 1. The van der Waals surface area contributed by atoms with Crippen LogP contribution in [0.5, 0.6) is 5.75 Å². The first-order valence-electron chi connectivity index (χ1n) is 8.18. The Balaban J connectivity index is 2.06. The van der Waals surface area contributed by atoms with Crippen molar-refractivity contribution in [3.05, 3.63) is 67.1 Å². The highest BCUT2D eigenvalue weighted by Gasteiger charge is 2.15. The first kappa shape index (κ1) is 20.2. The molecular formula is C19H15Br2N3O4. The van der Waals surface area contributed by atoms with Crippen LogP contribution in [0.15, 0.2) is 55.2 Å². The van der Waals surface area contributed by atoms with Crippen LogP contribution in [0.25, 0.3) is 10.9 Å². The summed E-state index contributed by atoms with van der Waals surface area (Å²) < 4.78 is 8.20. The average molecular weight is 509 g/mol. The van der Waals surface area contributed by atoms with Crippen molar-refractivity contribution in [2.45, 2.75) is 20.0 Å². The van der Waals surface area contributed by atoms with Crippen LogP contribution >= 0.6 is 31.9 Å². The Labute approximate surface area is 176 Å². The topological polar surface area (TPSA) is 93.8 Å². The van der Waals surface area contributed by atoms with Crippen molar-refractivity contribution in [2.75, 3.05) is 0 Å². The van der Waals surface area contributed by atoms with E-state index in [9.17, 15) is 9.59 Å². The summed E-state index contributed by atoms with van der Waals surface area (Å²) >= 11 is 6.72. The van der Waals surface area contributed by atoms with Crippen LogP contribution in [0.2, 0.25) is 0 Å². The van der Waals surface area contributed by atoms with Gasteiger partial charge in [0.1, 0.15) is 11.6 Å². The number of nitrogens with zero attached hydrogens (tertiary/aromatic N) is 3. The van der Waals surface area contributed by atoms with E-state index in [4.69, 9.17) is 9.84 Å². The van der Waals surface area contributed by atoms with Gasteiger partial charge in [0.15, 0.2) is 6.10 Å². The number of hydrogen-bond donors (Lipinski definition) is 1. The minimum Gasteiger partial charge on any atom is -0.479 e. The minimum absolute atomic E-state index is 0.309. The predicted molar refractivity (Wildman–Crippen MR) is 113 cm³/mol. The van der Waals surface area contributed by atoms with Crippen LogP contribution in [-0.2, 0) is 4.79 Å². The molecule has 0 radical (unpaired) electrons. The molecule has 0 spiro atoms. The van der Waals surface area contributed by atoms with Crippen molar-refractivity contribution in [3.63, 3.8) is 0 Å². The van der Waals surface area contributed by atoms with Crippen LogP contribution in [0.3, 0.4) is 0 Å². The molecule has 28 heavy (non-hydrogen) atoms. The van der Waals surface area contributed by atoms with E-state index >= 15 is 0 Å². The molecule has 3 rings (SSSR count). The molecule has 1 atom stereocenters. The number of carboxylic acid groups (broad SMARTS) is 1. The molecule has 0 saturated carbocycles. The summed E-state index contributed by atoms with van der Waals surface area (Å²) in [6.45, 7) is 3.12. The van der Waals surface area contributed by atoms with Crippen molar-refractivity contribution in [2.24, 2.45) is 5.10 Å². The van der Waals surface area contributed by atoms with E-state index in [0.717, 1.165) is 8.95 Å². The SMILES string of the molecule is Cc1nc2ccc(Br)cc2c(=O)n1N=Cc1cc(Br)ccc1O[C@H](C)C(=O)O. The van der Waals surface area contributed by atoms with Gasteiger partial charge in [-0.25, -0.2) is 9.78 Å². The highest BCUT2D eigenvalue weighted by molar-refractivity contribution is 9.10. The summed E-state index contributed by atoms with van der Waals surface area (Å²) in [5.74, 6) is -0.321. The van der Waals surface area contributed by atoms with Gasteiger partial charge in [0.25, 0.3) is 5.56 Å². The van der Waals surface area contributed by atoms with E-state index in [1.807, 2.05) is 6.07 Å². The maximum absolute atomic E-state index is 12.8. The summed E-state index contributed by atoms with van der Waals surface area (Å²) in [4.78, 5) is 28.3. The Kier molecular flexibility index (Phi) is 5.95. The third kappa shape index (κ3) is 4.31. The van der Waals surface area contributed by atoms with Crippen molar-refractivity contribution in [3.8, 4) is 5.75 Å². The van der Waals surface area contributed by atoms with Gasteiger partial charge in [0.05, 0.1) is 17.1 Å². The molecule has 0 saturated heterocycles. The van der Waals surface area contributed by atoms with Gasteiger partial charge in [-0.3, -0.25) is 4.79 Å². The normalized spacial score (nSPS) is 12.4. The van der Waals surface area contributed by atoms with Gasteiger partial charge in [0, 0.05) is 14.5 Å². The molecule has 2 aromatic carbocycles. The Hall–Kier alpha value is -2.52.